The van der Waals surface area contributed by atoms with Gasteiger partial charge in [0.05, 0.1) is 5.69 Å². The highest BCUT2D eigenvalue weighted by molar-refractivity contribution is 6.09. The largest absolute Gasteiger partial charge is 0.456 e. The van der Waals surface area contributed by atoms with Gasteiger partial charge in [-0.2, -0.15) is 0 Å². The molecule has 0 spiro atoms. The minimum Gasteiger partial charge on any atom is -0.456 e. The maximum absolute atomic E-state index is 17.0. The van der Waals surface area contributed by atoms with E-state index in [9.17, 15) is 0 Å². The molecule has 3 nitrogen and oxygen atoms in total. The Morgan fingerprint density at radius 2 is 0.870 bits per heavy atom. The highest BCUT2D eigenvalue weighted by atomic mass is 19.1. The quantitative estimate of drug-likeness (QED) is 0.198. The van der Waals surface area contributed by atoms with E-state index in [1.54, 1.807) is 6.07 Å². The van der Waals surface area contributed by atoms with E-state index < -0.39 is 0 Å². The molecule has 2 aromatic heterocycles. The first-order valence-electron chi connectivity index (χ1n) is 15.3. The lowest BCUT2D eigenvalue weighted by molar-refractivity contribution is 0.630. The van der Waals surface area contributed by atoms with Crippen LogP contribution in [0, 0.1) is 5.82 Å². The van der Waals surface area contributed by atoms with E-state index in [1.807, 2.05) is 126 Å². The minimum absolute atomic E-state index is 0.325. The summed E-state index contributed by atoms with van der Waals surface area (Å²) in [4.78, 5) is 2.02. The molecule has 9 aromatic rings. The third-order valence-electron chi connectivity index (χ3n) is 8.72. The molecule has 0 atom stereocenters. The van der Waals surface area contributed by atoms with Crippen molar-refractivity contribution in [2.45, 2.75) is 0 Å². The molecule has 7 aromatic carbocycles. The van der Waals surface area contributed by atoms with Crippen LogP contribution in [0.2, 0.25) is 0 Å². The molecule has 0 radical (unpaired) electrons. The number of nitrogens with zero attached hydrogens (tertiary/aromatic N) is 1. The highest BCUT2D eigenvalue weighted by Crippen LogP contribution is 2.46. The molecule has 0 aliphatic heterocycles. The molecule has 0 unspecified atom stereocenters. The second kappa shape index (κ2) is 10.5. The topological polar surface area (TPSA) is 29.5 Å². The Morgan fingerprint density at radius 3 is 1.43 bits per heavy atom. The molecule has 46 heavy (non-hydrogen) atoms. The monoisotopic (exact) mass is 595 g/mol. The second-order valence-electron chi connectivity index (χ2n) is 11.5. The van der Waals surface area contributed by atoms with Gasteiger partial charge in [0.15, 0.2) is 0 Å². The van der Waals surface area contributed by atoms with Crippen molar-refractivity contribution in [2.75, 3.05) is 4.90 Å². The van der Waals surface area contributed by atoms with Gasteiger partial charge < -0.3 is 13.7 Å². The number of hydrogen-bond donors (Lipinski definition) is 0. The third kappa shape index (κ3) is 4.26. The highest BCUT2D eigenvalue weighted by Gasteiger charge is 2.24. The summed E-state index contributed by atoms with van der Waals surface area (Å²) in [5, 5.41) is 3.96. The van der Waals surface area contributed by atoms with Gasteiger partial charge in [0, 0.05) is 38.5 Å². The van der Waals surface area contributed by atoms with Crippen LogP contribution in [0.4, 0.5) is 21.5 Å². The summed E-state index contributed by atoms with van der Waals surface area (Å²) in [5.41, 5.74) is 8.76. The molecule has 0 aliphatic rings. The predicted molar refractivity (Wildman–Crippen MR) is 187 cm³/mol. The third-order valence-corrected chi connectivity index (χ3v) is 8.72. The van der Waals surface area contributed by atoms with E-state index in [0.717, 1.165) is 77.5 Å². The molecular weight excluding hydrogens is 569 g/mol. The zero-order valence-electron chi connectivity index (χ0n) is 24.7. The number of para-hydroxylation sites is 2. The zero-order valence-corrected chi connectivity index (χ0v) is 24.7. The lowest BCUT2D eigenvalue weighted by Crippen LogP contribution is -2.13. The Bertz CT molecular complexity index is 2430. The van der Waals surface area contributed by atoms with E-state index in [0.29, 0.717) is 5.69 Å². The Kier molecular flexibility index (Phi) is 6.00. The van der Waals surface area contributed by atoms with Crippen molar-refractivity contribution < 1.29 is 13.2 Å². The van der Waals surface area contributed by atoms with Crippen LogP contribution in [0.5, 0.6) is 0 Å². The van der Waals surface area contributed by atoms with E-state index >= 15 is 4.39 Å². The summed E-state index contributed by atoms with van der Waals surface area (Å²) in [6.45, 7) is 0. The van der Waals surface area contributed by atoms with Crippen LogP contribution < -0.4 is 4.90 Å². The van der Waals surface area contributed by atoms with Gasteiger partial charge in [-0.25, -0.2) is 4.39 Å². The smallest absolute Gasteiger partial charge is 0.148 e. The minimum atomic E-state index is -0.325. The number of hydrogen-bond acceptors (Lipinski definition) is 3. The lowest BCUT2D eigenvalue weighted by atomic mass is 9.95. The molecule has 0 amide bonds. The van der Waals surface area contributed by atoms with Gasteiger partial charge in [0.2, 0.25) is 0 Å². The summed E-state index contributed by atoms with van der Waals surface area (Å²) in [7, 11) is 0. The Hall–Kier alpha value is -6.13. The SMILES string of the molecule is Fc1cc(-c2ccccc2)cc(-c2ccccc2)c1N(c1ccc2oc3ccccc3c2c1)c1ccc2oc3ccccc3c2c1. The Labute approximate surface area is 264 Å². The van der Waals surface area contributed by atoms with Crippen molar-refractivity contribution in [3.8, 4) is 22.3 Å². The van der Waals surface area contributed by atoms with Gasteiger partial charge in [-0.1, -0.05) is 97.1 Å². The van der Waals surface area contributed by atoms with E-state index in [1.165, 1.54) is 0 Å². The fourth-order valence-electron chi connectivity index (χ4n) is 6.57. The van der Waals surface area contributed by atoms with Gasteiger partial charge in [-0.15, -0.1) is 0 Å². The molecule has 0 N–H and O–H groups in total. The summed E-state index contributed by atoms with van der Waals surface area (Å²) in [5.74, 6) is -0.325. The normalized spacial score (nSPS) is 11.6. The number of rotatable bonds is 5. The van der Waals surface area contributed by atoms with Crippen LogP contribution in [0.3, 0.4) is 0 Å². The average molecular weight is 596 g/mol. The molecule has 0 bridgehead atoms. The van der Waals surface area contributed by atoms with Gasteiger partial charge in [0.25, 0.3) is 0 Å². The molecule has 4 heteroatoms. The zero-order chi connectivity index (χ0) is 30.6. The summed E-state index contributed by atoms with van der Waals surface area (Å²) in [6, 6.07) is 51.9. The second-order valence-corrected chi connectivity index (χ2v) is 11.5. The molecule has 0 saturated heterocycles. The van der Waals surface area contributed by atoms with Crippen LogP contribution in [-0.4, -0.2) is 0 Å². The number of anilines is 3. The number of benzene rings is 7. The standard InChI is InChI=1S/C42H26FNO2/c43-37-24-29(27-11-3-1-4-12-27)23-34(28-13-5-2-6-14-28)42(37)44(30-19-21-40-35(25-30)32-15-7-9-17-38(32)45-40)31-20-22-41-36(26-31)33-16-8-10-18-39(33)46-41/h1-26H. The first kappa shape index (κ1) is 26.3. The van der Waals surface area contributed by atoms with Crippen LogP contribution in [0.1, 0.15) is 0 Å². The summed E-state index contributed by atoms with van der Waals surface area (Å²) in [6.07, 6.45) is 0. The van der Waals surface area contributed by atoms with Crippen molar-refractivity contribution in [3.63, 3.8) is 0 Å². The first-order valence-corrected chi connectivity index (χ1v) is 15.3. The van der Waals surface area contributed by atoms with Crippen LogP contribution in [0.15, 0.2) is 167 Å². The van der Waals surface area contributed by atoms with E-state index in [4.69, 9.17) is 8.83 Å². The molecule has 2 heterocycles. The molecule has 0 fully saturated rings. The van der Waals surface area contributed by atoms with Crippen molar-refractivity contribution in [1.82, 2.24) is 0 Å². The van der Waals surface area contributed by atoms with Gasteiger partial charge >= 0.3 is 0 Å². The fourth-order valence-corrected chi connectivity index (χ4v) is 6.57. The fraction of sp³-hybridized carbons (Fsp3) is 0. The van der Waals surface area contributed by atoms with Crippen molar-refractivity contribution in [2.24, 2.45) is 0 Å². The number of fused-ring (bicyclic) bond motifs is 6. The maximum Gasteiger partial charge on any atom is 0.148 e. The molecule has 0 saturated carbocycles. The maximum atomic E-state index is 17.0. The van der Waals surface area contributed by atoms with Gasteiger partial charge in [-0.05, 0) is 77.4 Å². The van der Waals surface area contributed by atoms with Crippen LogP contribution in [-0.2, 0) is 0 Å². The molecule has 0 aliphatic carbocycles. The van der Waals surface area contributed by atoms with Gasteiger partial charge in [0.1, 0.15) is 28.1 Å². The Balaban J connectivity index is 1.35. The molecule has 9 rings (SSSR count). The first-order chi connectivity index (χ1) is 22.7. The van der Waals surface area contributed by atoms with Crippen molar-refractivity contribution in [3.05, 3.63) is 164 Å². The van der Waals surface area contributed by atoms with E-state index in [-0.39, 0.29) is 5.82 Å². The Morgan fingerprint density at radius 1 is 0.391 bits per heavy atom. The van der Waals surface area contributed by atoms with Gasteiger partial charge in [-0.3, -0.25) is 0 Å². The summed E-state index contributed by atoms with van der Waals surface area (Å²) < 4.78 is 29.4. The van der Waals surface area contributed by atoms with Crippen LogP contribution >= 0.6 is 0 Å². The lowest BCUT2D eigenvalue weighted by Gasteiger charge is -2.29. The summed E-state index contributed by atoms with van der Waals surface area (Å²) >= 11 is 0. The van der Waals surface area contributed by atoms with E-state index in [2.05, 4.69) is 30.3 Å². The average Bonchev–Trinajstić information content (AvgIpc) is 3.67. The number of halogens is 1. The van der Waals surface area contributed by atoms with Crippen molar-refractivity contribution >= 4 is 60.9 Å². The number of furan rings is 2. The molecular formula is C42H26FNO2. The van der Waals surface area contributed by atoms with Crippen molar-refractivity contribution in [1.29, 1.82) is 0 Å². The molecule has 218 valence electrons. The predicted octanol–water partition coefficient (Wildman–Crippen LogP) is 12.4. The van der Waals surface area contributed by atoms with Crippen LogP contribution in [0.25, 0.3) is 66.1 Å².